The van der Waals surface area contributed by atoms with E-state index in [1.807, 2.05) is 6.92 Å². The number of hydrogen-bond acceptors (Lipinski definition) is 4. The molecule has 0 radical (unpaired) electrons. The molecule has 1 rings (SSSR count). The van der Waals surface area contributed by atoms with Crippen molar-refractivity contribution < 1.29 is 4.92 Å². The Morgan fingerprint density at radius 2 is 1.86 bits per heavy atom. The van der Waals surface area contributed by atoms with E-state index in [-0.39, 0.29) is 23.0 Å². The predicted molar refractivity (Wildman–Crippen MR) is 85.9 cm³/mol. The summed E-state index contributed by atoms with van der Waals surface area (Å²) in [5.74, 6) is 0. The van der Waals surface area contributed by atoms with Gasteiger partial charge in [0.05, 0.1) is 0 Å². The third-order valence-electron chi connectivity index (χ3n) is 3.71. The molecule has 0 saturated heterocycles. The highest BCUT2D eigenvalue weighted by molar-refractivity contribution is 5.27. The van der Waals surface area contributed by atoms with E-state index in [1.165, 1.54) is 11.1 Å². The smallest absolute Gasteiger partial charge is 0.232 e. The van der Waals surface area contributed by atoms with Crippen LogP contribution in [0.2, 0.25) is 0 Å². The van der Waals surface area contributed by atoms with Crippen LogP contribution < -0.4 is 5.32 Å². The lowest BCUT2D eigenvalue weighted by Gasteiger charge is -2.28. The predicted octanol–water partition coefficient (Wildman–Crippen LogP) is 2.63. The minimum atomic E-state index is -0.271. The van der Waals surface area contributed by atoms with Gasteiger partial charge in [0.1, 0.15) is 6.17 Å². The number of nitrogens with zero attached hydrogens (tertiary/aromatic N) is 2. The molecule has 0 heterocycles. The van der Waals surface area contributed by atoms with E-state index in [9.17, 15) is 10.1 Å². The van der Waals surface area contributed by atoms with E-state index in [4.69, 9.17) is 0 Å². The van der Waals surface area contributed by atoms with Crippen LogP contribution >= 0.6 is 0 Å². The summed E-state index contributed by atoms with van der Waals surface area (Å²) in [4.78, 5) is 12.5. The molecule has 5 nitrogen and oxygen atoms in total. The Bertz CT molecular complexity index is 452. The topological polar surface area (TPSA) is 58.4 Å². The van der Waals surface area contributed by atoms with Crippen LogP contribution in [-0.4, -0.2) is 36.1 Å². The Morgan fingerprint density at radius 3 is 2.24 bits per heavy atom. The van der Waals surface area contributed by atoms with Gasteiger partial charge in [-0.15, -0.1) is 0 Å². The van der Waals surface area contributed by atoms with Crippen LogP contribution in [0.1, 0.15) is 38.8 Å². The summed E-state index contributed by atoms with van der Waals surface area (Å²) in [6.45, 7) is 9.97. The molecule has 1 unspecified atom stereocenters. The van der Waals surface area contributed by atoms with Crippen molar-refractivity contribution >= 4 is 0 Å². The minimum Gasteiger partial charge on any atom is -0.299 e. The van der Waals surface area contributed by atoms with Crippen molar-refractivity contribution in [3.05, 3.63) is 45.5 Å². The number of nitrogens with one attached hydrogen (secondary N) is 1. The maximum absolute atomic E-state index is 10.7. The molecule has 1 N–H and O–H groups in total. The van der Waals surface area contributed by atoms with Crippen LogP contribution in [0.4, 0.5) is 0 Å². The van der Waals surface area contributed by atoms with Gasteiger partial charge in [-0.05, 0) is 30.1 Å². The Morgan fingerprint density at radius 1 is 1.29 bits per heavy atom. The summed E-state index contributed by atoms with van der Waals surface area (Å²) in [5.41, 5.74) is 2.61. The lowest BCUT2D eigenvalue weighted by atomic mass is 9.87. The Balaban J connectivity index is 2.79. The average Bonchev–Trinajstić information content (AvgIpc) is 2.41. The zero-order valence-electron chi connectivity index (χ0n) is 13.7. The summed E-state index contributed by atoms with van der Waals surface area (Å²) < 4.78 is 0. The molecule has 0 aliphatic rings. The summed E-state index contributed by atoms with van der Waals surface area (Å²) in [7, 11) is 1.76. The molecular formula is C16H27N3O2. The molecule has 0 aliphatic heterocycles. The first-order chi connectivity index (χ1) is 9.77. The van der Waals surface area contributed by atoms with Gasteiger partial charge >= 0.3 is 0 Å². The van der Waals surface area contributed by atoms with Gasteiger partial charge in [-0.2, -0.15) is 0 Å². The van der Waals surface area contributed by atoms with Gasteiger partial charge in [0.2, 0.25) is 6.54 Å². The van der Waals surface area contributed by atoms with Gasteiger partial charge in [0.15, 0.2) is 0 Å². The Labute approximate surface area is 127 Å². The molecule has 0 spiro atoms. The van der Waals surface area contributed by atoms with E-state index in [1.54, 1.807) is 7.05 Å². The highest BCUT2D eigenvalue weighted by Crippen LogP contribution is 2.22. The van der Waals surface area contributed by atoms with E-state index in [0.717, 1.165) is 6.54 Å². The van der Waals surface area contributed by atoms with Gasteiger partial charge in [0.25, 0.3) is 0 Å². The summed E-state index contributed by atoms with van der Waals surface area (Å²) >= 11 is 0. The van der Waals surface area contributed by atoms with Crippen LogP contribution in [0.25, 0.3) is 0 Å². The fourth-order valence-electron chi connectivity index (χ4n) is 2.32. The SMILES string of the molecule is CCN(Cc1ccc(C(C)(C)C)cc1)C(C[N+](=O)[O-])NC. The Hall–Kier alpha value is -1.46. The maximum atomic E-state index is 10.7. The van der Waals surface area contributed by atoms with Crippen LogP contribution in [0, 0.1) is 10.1 Å². The number of likely N-dealkylation sites (N-methyl/N-ethyl adjacent to an activating group) is 2. The molecule has 5 heteroatoms. The van der Waals surface area contributed by atoms with Crippen LogP contribution in [0.3, 0.4) is 0 Å². The van der Waals surface area contributed by atoms with Crippen molar-refractivity contribution in [2.24, 2.45) is 0 Å². The van der Waals surface area contributed by atoms with E-state index in [2.05, 4.69) is 55.3 Å². The van der Waals surface area contributed by atoms with Crippen molar-refractivity contribution in [2.75, 3.05) is 20.1 Å². The van der Waals surface area contributed by atoms with Crippen molar-refractivity contribution in [3.63, 3.8) is 0 Å². The quantitative estimate of drug-likeness (QED) is 0.477. The largest absolute Gasteiger partial charge is 0.299 e. The number of rotatable bonds is 7. The molecule has 1 atom stereocenters. The third-order valence-corrected chi connectivity index (χ3v) is 3.71. The van der Waals surface area contributed by atoms with Gasteiger partial charge in [0, 0.05) is 11.5 Å². The molecule has 0 aliphatic carbocycles. The number of benzene rings is 1. The molecule has 1 aromatic rings. The molecule has 0 fully saturated rings. The van der Waals surface area contributed by atoms with Crippen LogP contribution in [0.5, 0.6) is 0 Å². The highest BCUT2D eigenvalue weighted by atomic mass is 16.6. The van der Waals surface area contributed by atoms with Crippen LogP contribution in [0.15, 0.2) is 24.3 Å². The van der Waals surface area contributed by atoms with Gasteiger partial charge in [-0.1, -0.05) is 52.0 Å². The Kier molecular flexibility index (Phi) is 6.30. The average molecular weight is 293 g/mol. The normalized spacial score (nSPS) is 13.4. The second-order valence-corrected chi connectivity index (χ2v) is 6.33. The van der Waals surface area contributed by atoms with Crippen molar-refractivity contribution in [1.82, 2.24) is 10.2 Å². The monoisotopic (exact) mass is 293 g/mol. The summed E-state index contributed by atoms with van der Waals surface area (Å²) in [6, 6.07) is 8.51. The van der Waals surface area contributed by atoms with Gasteiger partial charge < -0.3 is 0 Å². The van der Waals surface area contributed by atoms with E-state index < -0.39 is 0 Å². The lowest BCUT2D eigenvalue weighted by Crippen LogP contribution is -2.47. The molecule has 1 aromatic carbocycles. The van der Waals surface area contributed by atoms with E-state index in [0.29, 0.717) is 6.54 Å². The second-order valence-electron chi connectivity index (χ2n) is 6.33. The lowest BCUT2D eigenvalue weighted by molar-refractivity contribution is -0.488. The summed E-state index contributed by atoms with van der Waals surface area (Å²) in [6.07, 6.45) is -0.243. The molecule has 0 saturated carbocycles. The second kappa shape index (κ2) is 7.52. The third kappa shape index (κ3) is 5.44. The standard InChI is InChI=1S/C16H27N3O2/c1-6-18(15(17-5)12-19(20)21)11-13-7-9-14(10-8-13)16(2,3)4/h7-10,15,17H,6,11-12H2,1-5H3. The molecule has 0 bridgehead atoms. The minimum absolute atomic E-state index is 0.0928. The molecule has 0 amide bonds. The zero-order chi connectivity index (χ0) is 16.0. The first-order valence-corrected chi connectivity index (χ1v) is 7.40. The van der Waals surface area contributed by atoms with Gasteiger partial charge in [-0.25, -0.2) is 0 Å². The molecule has 118 valence electrons. The van der Waals surface area contributed by atoms with Crippen molar-refractivity contribution in [1.29, 1.82) is 0 Å². The van der Waals surface area contributed by atoms with Crippen molar-refractivity contribution in [3.8, 4) is 0 Å². The fourth-order valence-corrected chi connectivity index (χ4v) is 2.32. The van der Waals surface area contributed by atoms with Crippen molar-refractivity contribution in [2.45, 2.75) is 45.8 Å². The van der Waals surface area contributed by atoms with Gasteiger partial charge in [-0.3, -0.25) is 20.3 Å². The summed E-state index contributed by atoms with van der Waals surface area (Å²) in [5, 5.41) is 13.8. The number of nitro groups is 1. The highest BCUT2D eigenvalue weighted by Gasteiger charge is 2.21. The zero-order valence-corrected chi connectivity index (χ0v) is 13.7. The molecular weight excluding hydrogens is 266 g/mol. The fraction of sp³-hybridized carbons (Fsp3) is 0.625. The number of hydrogen-bond donors (Lipinski definition) is 1. The van der Waals surface area contributed by atoms with E-state index >= 15 is 0 Å². The van der Waals surface area contributed by atoms with Crippen LogP contribution in [-0.2, 0) is 12.0 Å². The first-order valence-electron chi connectivity index (χ1n) is 7.40. The molecule has 0 aromatic heterocycles. The maximum Gasteiger partial charge on any atom is 0.232 e. The molecule has 21 heavy (non-hydrogen) atoms. The first kappa shape index (κ1) is 17.6.